The molecule has 94 valence electrons. The summed E-state index contributed by atoms with van der Waals surface area (Å²) in [6, 6.07) is 4.08. The minimum absolute atomic E-state index is 0.129. The lowest BCUT2D eigenvalue weighted by atomic mass is 10.3. The van der Waals surface area contributed by atoms with Crippen LogP contribution in [-0.2, 0) is 0 Å². The predicted molar refractivity (Wildman–Crippen MR) is 80.2 cm³/mol. The van der Waals surface area contributed by atoms with Gasteiger partial charge < -0.3 is 5.73 Å². The van der Waals surface area contributed by atoms with Gasteiger partial charge in [-0.2, -0.15) is 0 Å². The quantitative estimate of drug-likeness (QED) is 0.514. The van der Waals surface area contributed by atoms with Crippen LogP contribution < -0.4 is 5.73 Å². The van der Waals surface area contributed by atoms with Gasteiger partial charge in [-0.1, -0.05) is 11.8 Å². The van der Waals surface area contributed by atoms with E-state index in [0.717, 1.165) is 20.2 Å². The Morgan fingerprint density at radius 2 is 2.17 bits per heavy atom. The number of nitrogens with one attached hydrogen (secondary N) is 1. The Balaban J connectivity index is 2.30. The first kappa shape index (κ1) is 13.5. The summed E-state index contributed by atoms with van der Waals surface area (Å²) in [5, 5.41) is 7.49. The number of amidine groups is 1. The number of aryl methyl sites for hydroxylation is 1. The number of hydrogen-bond acceptors (Lipinski definition) is 5. The van der Waals surface area contributed by atoms with E-state index in [-0.39, 0.29) is 5.84 Å². The lowest BCUT2D eigenvalue weighted by molar-refractivity contribution is 1.18. The minimum atomic E-state index is 0.129. The highest BCUT2D eigenvalue weighted by Crippen LogP contribution is 2.40. The second-order valence-corrected chi connectivity index (χ2v) is 6.92. The molecular formula is C12H13N3S3. The molecular weight excluding hydrogens is 282 g/mol. The summed E-state index contributed by atoms with van der Waals surface area (Å²) >= 11 is 4.91. The minimum Gasteiger partial charge on any atom is -0.383 e. The van der Waals surface area contributed by atoms with Gasteiger partial charge in [-0.15, -0.1) is 23.1 Å². The standard InChI is InChI=1S/C12H13N3S3/c1-7-3-8(6-15-5-7)17-10-4-9(11(13)14)18-12(10)16-2/h3-6H,1-2H3,(H3,13,14). The number of nitrogen functional groups attached to an aromatic ring is 1. The van der Waals surface area contributed by atoms with Crippen LogP contribution in [-0.4, -0.2) is 17.1 Å². The Hall–Kier alpha value is -0.980. The first-order valence-electron chi connectivity index (χ1n) is 5.22. The predicted octanol–water partition coefficient (Wildman–Crippen LogP) is 3.61. The van der Waals surface area contributed by atoms with E-state index < -0.39 is 0 Å². The van der Waals surface area contributed by atoms with Crippen molar-refractivity contribution in [3.8, 4) is 0 Å². The Bertz CT molecular complexity index is 578. The van der Waals surface area contributed by atoms with Crippen molar-refractivity contribution in [1.29, 1.82) is 5.41 Å². The average Bonchev–Trinajstić information content (AvgIpc) is 2.72. The number of nitrogens with two attached hydrogens (primary N) is 1. The van der Waals surface area contributed by atoms with E-state index in [1.54, 1.807) is 34.9 Å². The molecule has 0 unspecified atom stereocenters. The number of pyridine rings is 1. The molecule has 0 aliphatic heterocycles. The van der Waals surface area contributed by atoms with Crippen molar-refractivity contribution >= 4 is 40.7 Å². The van der Waals surface area contributed by atoms with E-state index in [1.165, 1.54) is 4.21 Å². The molecule has 3 nitrogen and oxygen atoms in total. The fourth-order valence-corrected chi connectivity index (χ4v) is 4.49. The summed E-state index contributed by atoms with van der Waals surface area (Å²) in [5.41, 5.74) is 6.68. The van der Waals surface area contributed by atoms with Crippen molar-refractivity contribution < 1.29 is 0 Å². The van der Waals surface area contributed by atoms with Crippen LogP contribution in [0.2, 0.25) is 0 Å². The fourth-order valence-electron chi connectivity index (χ4n) is 1.41. The molecule has 18 heavy (non-hydrogen) atoms. The number of nitrogens with zero attached hydrogens (tertiary/aromatic N) is 1. The topological polar surface area (TPSA) is 62.8 Å². The van der Waals surface area contributed by atoms with E-state index in [2.05, 4.69) is 11.1 Å². The number of aromatic nitrogens is 1. The van der Waals surface area contributed by atoms with E-state index in [1.807, 2.05) is 31.6 Å². The first-order chi connectivity index (χ1) is 8.60. The molecule has 2 rings (SSSR count). The van der Waals surface area contributed by atoms with Crippen molar-refractivity contribution in [3.05, 3.63) is 35.0 Å². The molecule has 6 heteroatoms. The fraction of sp³-hybridized carbons (Fsp3) is 0.167. The highest BCUT2D eigenvalue weighted by Gasteiger charge is 2.11. The van der Waals surface area contributed by atoms with Crippen LogP contribution in [0.15, 0.2) is 38.5 Å². The highest BCUT2D eigenvalue weighted by atomic mass is 32.2. The van der Waals surface area contributed by atoms with Gasteiger partial charge in [0.2, 0.25) is 0 Å². The van der Waals surface area contributed by atoms with Gasteiger partial charge in [-0.05, 0) is 30.9 Å². The van der Waals surface area contributed by atoms with Gasteiger partial charge in [0.05, 0.1) is 9.09 Å². The summed E-state index contributed by atoms with van der Waals surface area (Å²) in [6.07, 6.45) is 5.73. The first-order valence-corrected chi connectivity index (χ1v) is 8.07. The molecule has 2 heterocycles. The highest BCUT2D eigenvalue weighted by molar-refractivity contribution is 8.03. The maximum absolute atomic E-state index is 7.49. The molecule has 0 fully saturated rings. The van der Waals surface area contributed by atoms with E-state index in [4.69, 9.17) is 11.1 Å². The van der Waals surface area contributed by atoms with Crippen LogP contribution in [0.3, 0.4) is 0 Å². The molecule has 0 atom stereocenters. The van der Waals surface area contributed by atoms with Crippen LogP contribution in [0.1, 0.15) is 10.4 Å². The molecule has 0 saturated carbocycles. The molecule has 0 bridgehead atoms. The third-order valence-corrected chi connectivity index (χ3v) is 5.76. The zero-order valence-corrected chi connectivity index (χ0v) is 12.5. The van der Waals surface area contributed by atoms with Crippen molar-refractivity contribution in [1.82, 2.24) is 4.98 Å². The van der Waals surface area contributed by atoms with Gasteiger partial charge in [0.25, 0.3) is 0 Å². The molecule has 0 aromatic carbocycles. The van der Waals surface area contributed by atoms with Gasteiger partial charge in [0, 0.05) is 22.2 Å². The maximum atomic E-state index is 7.49. The number of thioether (sulfide) groups is 1. The van der Waals surface area contributed by atoms with Crippen LogP contribution in [0.25, 0.3) is 0 Å². The zero-order valence-electron chi connectivity index (χ0n) is 10.1. The number of thiophene rings is 1. The van der Waals surface area contributed by atoms with Gasteiger partial charge >= 0.3 is 0 Å². The third kappa shape index (κ3) is 3.07. The van der Waals surface area contributed by atoms with Crippen LogP contribution in [0.4, 0.5) is 0 Å². The smallest absolute Gasteiger partial charge is 0.133 e. The molecule has 0 aliphatic rings. The van der Waals surface area contributed by atoms with E-state index >= 15 is 0 Å². The summed E-state index contributed by atoms with van der Waals surface area (Å²) in [7, 11) is 0. The maximum Gasteiger partial charge on any atom is 0.133 e. The second-order valence-electron chi connectivity index (χ2n) is 3.68. The third-order valence-electron chi connectivity index (χ3n) is 2.19. The molecule has 2 aromatic rings. The van der Waals surface area contributed by atoms with Crippen molar-refractivity contribution in [2.45, 2.75) is 20.9 Å². The second kappa shape index (κ2) is 5.77. The number of rotatable bonds is 4. The molecule has 3 N–H and O–H groups in total. The molecule has 0 saturated heterocycles. The summed E-state index contributed by atoms with van der Waals surface area (Å²) < 4.78 is 1.19. The van der Waals surface area contributed by atoms with E-state index in [0.29, 0.717) is 0 Å². The van der Waals surface area contributed by atoms with Gasteiger partial charge in [0.1, 0.15) is 5.84 Å². The Morgan fingerprint density at radius 3 is 2.78 bits per heavy atom. The summed E-state index contributed by atoms with van der Waals surface area (Å²) in [5.74, 6) is 0.129. The van der Waals surface area contributed by atoms with Crippen LogP contribution >= 0.6 is 34.9 Å². The van der Waals surface area contributed by atoms with Gasteiger partial charge in [-0.25, -0.2) is 0 Å². The molecule has 0 aliphatic carbocycles. The molecule has 2 aromatic heterocycles. The largest absolute Gasteiger partial charge is 0.383 e. The normalized spacial score (nSPS) is 10.6. The monoisotopic (exact) mass is 295 g/mol. The zero-order chi connectivity index (χ0) is 13.1. The van der Waals surface area contributed by atoms with Gasteiger partial charge in [0.15, 0.2) is 0 Å². The lowest BCUT2D eigenvalue weighted by Gasteiger charge is -2.01. The Labute approximate surface area is 119 Å². The van der Waals surface area contributed by atoms with Crippen LogP contribution in [0, 0.1) is 12.3 Å². The Morgan fingerprint density at radius 1 is 1.39 bits per heavy atom. The number of hydrogen-bond donors (Lipinski definition) is 2. The summed E-state index contributed by atoms with van der Waals surface area (Å²) in [4.78, 5) is 7.26. The molecule has 0 amide bonds. The average molecular weight is 295 g/mol. The van der Waals surface area contributed by atoms with E-state index in [9.17, 15) is 0 Å². The Kier molecular flexibility index (Phi) is 4.31. The SMILES string of the molecule is CSc1sc(C(=N)N)cc1Sc1cncc(C)c1. The summed E-state index contributed by atoms with van der Waals surface area (Å²) in [6.45, 7) is 2.03. The van der Waals surface area contributed by atoms with Crippen molar-refractivity contribution in [2.75, 3.05) is 6.26 Å². The van der Waals surface area contributed by atoms with Crippen molar-refractivity contribution in [2.24, 2.45) is 5.73 Å². The lowest BCUT2D eigenvalue weighted by Crippen LogP contribution is -2.08. The molecule has 0 radical (unpaired) electrons. The van der Waals surface area contributed by atoms with Gasteiger partial charge in [-0.3, -0.25) is 10.4 Å². The molecule has 0 spiro atoms. The van der Waals surface area contributed by atoms with Crippen LogP contribution in [0.5, 0.6) is 0 Å². The van der Waals surface area contributed by atoms with Crippen molar-refractivity contribution in [3.63, 3.8) is 0 Å².